The fourth-order valence-electron chi connectivity index (χ4n) is 2.66. The molecule has 0 aliphatic rings. The van der Waals surface area contributed by atoms with Crippen LogP contribution < -0.4 is 10.7 Å². The molecule has 0 saturated carbocycles. The van der Waals surface area contributed by atoms with E-state index in [4.69, 9.17) is 0 Å². The number of amides is 2. The Morgan fingerprint density at radius 1 is 0.885 bits per heavy atom. The Hall–Kier alpha value is -3.47. The second-order valence-corrected chi connectivity index (χ2v) is 5.87. The molecular formula is C21H19N3O2. The van der Waals surface area contributed by atoms with E-state index in [0.29, 0.717) is 0 Å². The van der Waals surface area contributed by atoms with Gasteiger partial charge in [0.05, 0.1) is 12.3 Å². The summed E-state index contributed by atoms with van der Waals surface area (Å²) < 4.78 is 0. The van der Waals surface area contributed by atoms with E-state index in [1.807, 2.05) is 79.7 Å². The molecule has 5 heteroatoms. The molecule has 1 unspecified atom stereocenters. The largest absolute Gasteiger partial charge is 0.341 e. The summed E-state index contributed by atoms with van der Waals surface area (Å²) in [4.78, 5) is 23.9. The molecule has 0 fully saturated rings. The van der Waals surface area contributed by atoms with Crippen molar-refractivity contribution in [3.63, 3.8) is 0 Å². The number of hydrazone groups is 1. The zero-order chi connectivity index (χ0) is 18.4. The van der Waals surface area contributed by atoms with Crippen LogP contribution in [0.25, 0.3) is 10.8 Å². The first-order chi connectivity index (χ1) is 12.6. The Kier molecular flexibility index (Phi) is 5.39. The van der Waals surface area contributed by atoms with Crippen LogP contribution in [0.1, 0.15) is 24.1 Å². The molecule has 0 saturated heterocycles. The zero-order valence-corrected chi connectivity index (χ0v) is 14.3. The molecule has 0 heterocycles. The lowest BCUT2D eigenvalue weighted by atomic mass is 10.1. The van der Waals surface area contributed by atoms with E-state index in [2.05, 4.69) is 15.8 Å². The van der Waals surface area contributed by atoms with Crippen molar-refractivity contribution in [1.82, 2.24) is 10.7 Å². The van der Waals surface area contributed by atoms with Gasteiger partial charge in [-0.15, -0.1) is 0 Å². The Labute approximate surface area is 151 Å². The van der Waals surface area contributed by atoms with Gasteiger partial charge in [-0.2, -0.15) is 5.10 Å². The van der Waals surface area contributed by atoms with E-state index >= 15 is 0 Å². The lowest BCUT2D eigenvalue weighted by Crippen LogP contribution is -2.39. The smallest absolute Gasteiger partial charge is 0.329 e. The van der Waals surface area contributed by atoms with Crippen LogP contribution in [0.3, 0.4) is 0 Å². The molecule has 26 heavy (non-hydrogen) atoms. The first-order valence-electron chi connectivity index (χ1n) is 8.32. The third-order valence-electron chi connectivity index (χ3n) is 4.05. The van der Waals surface area contributed by atoms with Crippen molar-refractivity contribution in [3.05, 3.63) is 83.9 Å². The molecule has 3 aromatic carbocycles. The van der Waals surface area contributed by atoms with Gasteiger partial charge < -0.3 is 5.32 Å². The normalized spacial score (nSPS) is 12.0. The molecule has 3 aromatic rings. The monoisotopic (exact) mass is 345 g/mol. The van der Waals surface area contributed by atoms with Crippen molar-refractivity contribution in [3.8, 4) is 0 Å². The van der Waals surface area contributed by atoms with Crippen molar-refractivity contribution < 1.29 is 9.59 Å². The summed E-state index contributed by atoms with van der Waals surface area (Å²) in [5.74, 6) is -1.53. The van der Waals surface area contributed by atoms with Crippen LogP contribution in [0.2, 0.25) is 0 Å². The molecule has 0 aliphatic carbocycles. The molecule has 3 rings (SSSR count). The van der Waals surface area contributed by atoms with Gasteiger partial charge in [0, 0.05) is 5.56 Å². The number of nitrogens with zero attached hydrogens (tertiary/aromatic N) is 1. The predicted molar refractivity (Wildman–Crippen MR) is 103 cm³/mol. The molecule has 2 amide bonds. The van der Waals surface area contributed by atoms with E-state index in [-0.39, 0.29) is 6.04 Å². The molecule has 0 radical (unpaired) electrons. The predicted octanol–water partition coefficient (Wildman–Crippen LogP) is 3.17. The average molecular weight is 345 g/mol. The zero-order valence-electron chi connectivity index (χ0n) is 14.3. The Balaban J connectivity index is 1.61. The minimum absolute atomic E-state index is 0.267. The van der Waals surface area contributed by atoms with Crippen LogP contribution >= 0.6 is 0 Å². The molecular weight excluding hydrogens is 326 g/mol. The molecule has 130 valence electrons. The fraction of sp³-hybridized carbons (Fsp3) is 0.0952. The number of carbonyl (C=O) groups excluding carboxylic acids is 2. The lowest BCUT2D eigenvalue weighted by molar-refractivity contribution is -0.139. The number of nitrogens with one attached hydrogen (secondary N) is 2. The number of carbonyl (C=O) groups is 2. The average Bonchev–Trinajstić information content (AvgIpc) is 2.68. The molecule has 2 N–H and O–H groups in total. The molecule has 0 aromatic heterocycles. The number of fused-ring (bicyclic) bond motifs is 1. The van der Waals surface area contributed by atoms with Crippen LogP contribution in [0.4, 0.5) is 0 Å². The summed E-state index contributed by atoms with van der Waals surface area (Å²) in [6.45, 7) is 1.82. The van der Waals surface area contributed by atoms with Crippen molar-refractivity contribution in [2.24, 2.45) is 5.10 Å². The highest BCUT2D eigenvalue weighted by Gasteiger charge is 2.16. The first-order valence-corrected chi connectivity index (χ1v) is 8.32. The van der Waals surface area contributed by atoms with Crippen LogP contribution in [0.5, 0.6) is 0 Å². The lowest BCUT2D eigenvalue weighted by Gasteiger charge is -2.13. The van der Waals surface area contributed by atoms with Gasteiger partial charge in [-0.05, 0) is 23.3 Å². The number of hydrogen-bond donors (Lipinski definition) is 2. The highest BCUT2D eigenvalue weighted by Crippen LogP contribution is 2.16. The van der Waals surface area contributed by atoms with E-state index in [0.717, 1.165) is 21.9 Å². The standard InChI is InChI=1S/C21H19N3O2/c1-15(16-8-3-2-4-9-16)23-20(25)21(26)24-22-14-18-12-7-11-17-10-5-6-13-19(17)18/h2-15H,1H3,(H,23,25)(H,24,26)/b22-14+. The van der Waals surface area contributed by atoms with E-state index in [1.54, 1.807) is 0 Å². The van der Waals surface area contributed by atoms with Gasteiger partial charge in [-0.1, -0.05) is 72.8 Å². The first kappa shape index (κ1) is 17.4. The second kappa shape index (κ2) is 8.07. The van der Waals surface area contributed by atoms with Crippen molar-refractivity contribution in [2.45, 2.75) is 13.0 Å². The van der Waals surface area contributed by atoms with E-state index in [9.17, 15) is 9.59 Å². The molecule has 0 bridgehead atoms. The molecule has 1 atom stereocenters. The van der Waals surface area contributed by atoms with Gasteiger partial charge >= 0.3 is 11.8 Å². The van der Waals surface area contributed by atoms with Crippen LogP contribution in [-0.4, -0.2) is 18.0 Å². The van der Waals surface area contributed by atoms with Crippen molar-refractivity contribution in [2.75, 3.05) is 0 Å². The van der Waals surface area contributed by atoms with E-state index in [1.165, 1.54) is 6.21 Å². The number of benzene rings is 3. The summed E-state index contributed by atoms with van der Waals surface area (Å²) in [5.41, 5.74) is 4.06. The van der Waals surface area contributed by atoms with Crippen LogP contribution in [0, 0.1) is 0 Å². The fourth-order valence-corrected chi connectivity index (χ4v) is 2.66. The SMILES string of the molecule is CC(NC(=O)C(=O)N/N=C/c1cccc2ccccc12)c1ccccc1. The topological polar surface area (TPSA) is 70.6 Å². The quantitative estimate of drug-likeness (QED) is 0.433. The number of hydrogen-bond acceptors (Lipinski definition) is 3. The highest BCUT2D eigenvalue weighted by molar-refractivity contribution is 6.35. The third-order valence-corrected chi connectivity index (χ3v) is 4.05. The molecule has 0 aliphatic heterocycles. The summed E-state index contributed by atoms with van der Waals surface area (Å²) in [5, 5.41) is 8.66. The van der Waals surface area contributed by atoms with Gasteiger partial charge in [-0.3, -0.25) is 9.59 Å². The number of rotatable bonds is 4. The summed E-state index contributed by atoms with van der Waals surface area (Å²) in [6.07, 6.45) is 1.54. The Morgan fingerprint density at radius 2 is 1.58 bits per heavy atom. The van der Waals surface area contributed by atoms with Crippen LogP contribution in [0.15, 0.2) is 77.9 Å². The Bertz CT molecular complexity index is 946. The van der Waals surface area contributed by atoms with Gasteiger partial charge in [-0.25, -0.2) is 5.43 Å². The Morgan fingerprint density at radius 3 is 2.38 bits per heavy atom. The van der Waals surface area contributed by atoms with Crippen molar-refractivity contribution >= 4 is 28.8 Å². The molecule has 5 nitrogen and oxygen atoms in total. The van der Waals surface area contributed by atoms with Gasteiger partial charge in [0.25, 0.3) is 0 Å². The minimum Gasteiger partial charge on any atom is -0.341 e. The highest BCUT2D eigenvalue weighted by atomic mass is 16.2. The summed E-state index contributed by atoms with van der Waals surface area (Å²) in [6, 6.07) is 22.9. The molecule has 0 spiro atoms. The van der Waals surface area contributed by atoms with Gasteiger partial charge in [0.15, 0.2) is 0 Å². The maximum absolute atomic E-state index is 12.0. The van der Waals surface area contributed by atoms with E-state index < -0.39 is 11.8 Å². The van der Waals surface area contributed by atoms with Crippen LogP contribution in [-0.2, 0) is 9.59 Å². The maximum atomic E-state index is 12.0. The third kappa shape index (κ3) is 4.13. The van der Waals surface area contributed by atoms with Gasteiger partial charge in [0.1, 0.15) is 0 Å². The minimum atomic E-state index is -0.802. The summed E-state index contributed by atoms with van der Waals surface area (Å²) >= 11 is 0. The van der Waals surface area contributed by atoms with Crippen molar-refractivity contribution in [1.29, 1.82) is 0 Å². The summed E-state index contributed by atoms with van der Waals surface area (Å²) in [7, 11) is 0. The maximum Gasteiger partial charge on any atom is 0.329 e. The second-order valence-electron chi connectivity index (χ2n) is 5.87. The van der Waals surface area contributed by atoms with Gasteiger partial charge in [0.2, 0.25) is 0 Å².